The predicted octanol–water partition coefficient (Wildman–Crippen LogP) is 3.29. The van der Waals surface area contributed by atoms with Gasteiger partial charge in [0.2, 0.25) is 5.78 Å². The van der Waals surface area contributed by atoms with E-state index < -0.39 is 0 Å². The molecule has 0 unspecified atom stereocenters. The molecule has 0 radical (unpaired) electrons. The molecule has 2 nitrogen and oxygen atoms in total. The molecule has 88 valence electrons. The van der Waals surface area contributed by atoms with Gasteiger partial charge in [0.25, 0.3) is 0 Å². The number of fused-ring (bicyclic) bond motifs is 1. The number of allylic oxidation sites excluding steroid dienone is 1. The summed E-state index contributed by atoms with van der Waals surface area (Å²) in [7, 11) is 1.54. The SMILES string of the molecule is COC1=C(c2ccccc2)c2ccccc2C1=O. The van der Waals surface area contributed by atoms with Crippen molar-refractivity contribution in [3.63, 3.8) is 0 Å². The second-order valence-electron chi connectivity index (χ2n) is 4.15. The number of carbonyl (C=O) groups excluding carboxylic acids is 1. The molecule has 0 bridgehead atoms. The van der Waals surface area contributed by atoms with Gasteiger partial charge in [0.15, 0.2) is 5.76 Å². The molecule has 1 aliphatic carbocycles. The fourth-order valence-corrected chi connectivity index (χ4v) is 2.34. The Labute approximate surface area is 106 Å². The van der Waals surface area contributed by atoms with E-state index in [-0.39, 0.29) is 5.78 Å². The van der Waals surface area contributed by atoms with E-state index >= 15 is 0 Å². The summed E-state index contributed by atoms with van der Waals surface area (Å²) in [6.45, 7) is 0. The van der Waals surface area contributed by atoms with Crippen LogP contribution in [0.1, 0.15) is 21.5 Å². The zero-order valence-corrected chi connectivity index (χ0v) is 10.0. The topological polar surface area (TPSA) is 26.3 Å². The van der Waals surface area contributed by atoms with Crippen molar-refractivity contribution in [2.75, 3.05) is 7.11 Å². The Hall–Kier alpha value is -2.35. The molecule has 0 atom stereocenters. The van der Waals surface area contributed by atoms with Gasteiger partial charge >= 0.3 is 0 Å². The van der Waals surface area contributed by atoms with Gasteiger partial charge in [0.1, 0.15) is 0 Å². The Balaban J connectivity index is 2.28. The number of benzene rings is 2. The van der Waals surface area contributed by atoms with Crippen LogP contribution in [0.2, 0.25) is 0 Å². The number of carbonyl (C=O) groups is 1. The summed E-state index contributed by atoms with van der Waals surface area (Å²) in [5.41, 5.74) is 3.56. The van der Waals surface area contributed by atoms with E-state index in [0.717, 1.165) is 16.7 Å². The van der Waals surface area contributed by atoms with Gasteiger partial charge in [-0.05, 0) is 11.1 Å². The van der Waals surface area contributed by atoms with Crippen molar-refractivity contribution in [3.05, 3.63) is 77.0 Å². The number of rotatable bonds is 2. The summed E-state index contributed by atoms with van der Waals surface area (Å²) in [6.07, 6.45) is 0. The molecule has 0 saturated heterocycles. The minimum absolute atomic E-state index is 0.0352. The average molecular weight is 236 g/mol. The van der Waals surface area contributed by atoms with E-state index in [4.69, 9.17) is 4.74 Å². The van der Waals surface area contributed by atoms with Crippen molar-refractivity contribution in [1.82, 2.24) is 0 Å². The molecular formula is C16H12O2. The molecular weight excluding hydrogens is 224 g/mol. The molecule has 0 N–H and O–H groups in total. The highest BCUT2D eigenvalue weighted by Gasteiger charge is 2.30. The van der Waals surface area contributed by atoms with Crippen LogP contribution in [0, 0.1) is 0 Å². The Morgan fingerprint density at radius 2 is 1.44 bits per heavy atom. The van der Waals surface area contributed by atoms with Crippen LogP contribution in [0.25, 0.3) is 5.57 Å². The smallest absolute Gasteiger partial charge is 0.228 e. The van der Waals surface area contributed by atoms with Gasteiger partial charge < -0.3 is 4.74 Å². The van der Waals surface area contributed by atoms with Gasteiger partial charge in [-0.2, -0.15) is 0 Å². The van der Waals surface area contributed by atoms with Crippen molar-refractivity contribution >= 4 is 11.4 Å². The quantitative estimate of drug-likeness (QED) is 0.799. The van der Waals surface area contributed by atoms with Crippen molar-refractivity contribution in [2.24, 2.45) is 0 Å². The van der Waals surface area contributed by atoms with Crippen LogP contribution in [-0.2, 0) is 4.74 Å². The van der Waals surface area contributed by atoms with Crippen molar-refractivity contribution in [2.45, 2.75) is 0 Å². The molecule has 2 aromatic carbocycles. The lowest BCUT2D eigenvalue weighted by molar-refractivity contribution is 0.0962. The monoisotopic (exact) mass is 236 g/mol. The summed E-state index contributed by atoms with van der Waals surface area (Å²) in [5, 5.41) is 0. The molecule has 0 amide bonds. The maximum Gasteiger partial charge on any atom is 0.228 e. The minimum Gasteiger partial charge on any atom is -0.492 e. The van der Waals surface area contributed by atoms with E-state index in [1.807, 2.05) is 54.6 Å². The minimum atomic E-state index is -0.0352. The number of ether oxygens (including phenoxy) is 1. The van der Waals surface area contributed by atoms with Gasteiger partial charge in [-0.1, -0.05) is 54.6 Å². The first-order valence-corrected chi connectivity index (χ1v) is 5.80. The molecule has 0 fully saturated rings. The van der Waals surface area contributed by atoms with Crippen molar-refractivity contribution in [1.29, 1.82) is 0 Å². The maximum atomic E-state index is 12.2. The molecule has 2 heteroatoms. The second kappa shape index (κ2) is 4.15. The third-order valence-electron chi connectivity index (χ3n) is 3.14. The summed E-state index contributed by atoms with van der Waals surface area (Å²) in [6, 6.07) is 17.5. The first-order chi connectivity index (χ1) is 8.83. The summed E-state index contributed by atoms with van der Waals surface area (Å²) >= 11 is 0. The van der Waals surface area contributed by atoms with Crippen LogP contribution >= 0.6 is 0 Å². The van der Waals surface area contributed by atoms with Gasteiger partial charge in [0, 0.05) is 11.1 Å². The molecule has 0 heterocycles. The van der Waals surface area contributed by atoms with Crippen LogP contribution in [0.3, 0.4) is 0 Å². The number of Topliss-reactive ketones (excluding diaryl/α,β-unsaturated/α-hetero) is 1. The molecule has 3 rings (SSSR count). The van der Waals surface area contributed by atoms with Crippen LogP contribution in [0.4, 0.5) is 0 Å². The summed E-state index contributed by atoms with van der Waals surface area (Å²) in [5.74, 6) is 0.398. The normalized spacial score (nSPS) is 13.7. The van der Waals surface area contributed by atoms with Crippen LogP contribution in [0.15, 0.2) is 60.4 Å². The van der Waals surface area contributed by atoms with Gasteiger partial charge in [-0.15, -0.1) is 0 Å². The fraction of sp³-hybridized carbons (Fsp3) is 0.0625. The molecule has 0 spiro atoms. The van der Waals surface area contributed by atoms with E-state index in [2.05, 4.69) is 0 Å². The molecule has 0 aliphatic heterocycles. The number of methoxy groups -OCH3 is 1. The highest BCUT2D eigenvalue weighted by atomic mass is 16.5. The van der Waals surface area contributed by atoms with Gasteiger partial charge in [0.05, 0.1) is 7.11 Å². The lowest BCUT2D eigenvalue weighted by Crippen LogP contribution is -2.00. The van der Waals surface area contributed by atoms with Crippen LogP contribution < -0.4 is 0 Å². The Kier molecular flexibility index (Phi) is 2.49. The van der Waals surface area contributed by atoms with Crippen LogP contribution in [0.5, 0.6) is 0 Å². The van der Waals surface area contributed by atoms with Gasteiger partial charge in [-0.3, -0.25) is 4.79 Å². The highest BCUT2D eigenvalue weighted by Crippen LogP contribution is 2.37. The number of hydrogen-bond acceptors (Lipinski definition) is 2. The van der Waals surface area contributed by atoms with E-state index in [0.29, 0.717) is 11.3 Å². The summed E-state index contributed by atoms with van der Waals surface area (Å²) < 4.78 is 5.30. The zero-order valence-electron chi connectivity index (χ0n) is 10.0. The first-order valence-electron chi connectivity index (χ1n) is 5.80. The zero-order chi connectivity index (χ0) is 12.5. The van der Waals surface area contributed by atoms with E-state index in [1.54, 1.807) is 7.11 Å². The third kappa shape index (κ3) is 1.46. The Bertz CT molecular complexity index is 639. The maximum absolute atomic E-state index is 12.2. The van der Waals surface area contributed by atoms with E-state index in [9.17, 15) is 4.79 Å². The van der Waals surface area contributed by atoms with Crippen LogP contribution in [-0.4, -0.2) is 12.9 Å². The Morgan fingerprint density at radius 1 is 0.833 bits per heavy atom. The molecule has 1 aliphatic rings. The fourth-order valence-electron chi connectivity index (χ4n) is 2.34. The summed E-state index contributed by atoms with van der Waals surface area (Å²) in [4.78, 5) is 12.2. The first kappa shape index (κ1) is 10.8. The molecule has 0 aromatic heterocycles. The number of ketones is 1. The lowest BCUT2D eigenvalue weighted by Gasteiger charge is -2.06. The largest absolute Gasteiger partial charge is 0.492 e. The predicted molar refractivity (Wildman–Crippen MR) is 70.2 cm³/mol. The second-order valence-corrected chi connectivity index (χ2v) is 4.15. The van der Waals surface area contributed by atoms with Crippen molar-refractivity contribution in [3.8, 4) is 0 Å². The van der Waals surface area contributed by atoms with E-state index in [1.165, 1.54) is 0 Å². The third-order valence-corrected chi connectivity index (χ3v) is 3.14. The highest BCUT2D eigenvalue weighted by molar-refractivity contribution is 6.21. The number of hydrogen-bond donors (Lipinski definition) is 0. The lowest BCUT2D eigenvalue weighted by atomic mass is 9.99. The molecule has 2 aromatic rings. The Morgan fingerprint density at radius 3 is 2.11 bits per heavy atom. The van der Waals surface area contributed by atoms with Crippen molar-refractivity contribution < 1.29 is 9.53 Å². The standard InChI is InChI=1S/C16H12O2/c1-18-16-14(11-7-3-2-4-8-11)12-9-5-6-10-13(12)15(16)17/h2-10H,1H3. The molecule has 18 heavy (non-hydrogen) atoms. The van der Waals surface area contributed by atoms with Gasteiger partial charge in [-0.25, -0.2) is 0 Å². The average Bonchev–Trinajstić information content (AvgIpc) is 2.73. The molecule has 0 saturated carbocycles.